The minimum Gasteiger partial charge on any atom is -0.481 e. The molecule has 3 aromatic heterocycles. The highest BCUT2D eigenvalue weighted by Crippen LogP contribution is 2.25. The number of rotatable bonds is 5. The van der Waals surface area contributed by atoms with Crippen LogP contribution in [0.3, 0.4) is 0 Å². The predicted molar refractivity (Wildman–Crippen MR) is 106 cm³/mol. The quantitative estimate of drug-likeness (QED) is 0.582. The van der Waals surface area contributed by atoms with Gasteiger partial charge >= 0.3 is 0 Å². The molecule has 0 saturated heterocycles. The lowest BCUT2D eigenvalue weighted by Gasteiger charge is -2.06. The third-order valence-corrected chi connectivity index (χ3v) is 4.47. The van der Waals surface area contributed by atoms with Crippen molar-refractivity contribution in [3.8, 4) is 17.1 Å². The zero-order valence-electron chi connectivity index (χ0n) is 15.6. The number of nitrogens with one attached hydrogen (secondary N) is 1. The molecule has 1 N–H and O–H groups in total. The van der Waals surface area contributed by atoms with E-state index in [0.717, 1.165) is 27.7 Å². The van der Waals surface area contributed by atoms with Crippen molar-refractivity contribution in [1.29, 1.82) is 0 Å². The minimum absolute atomic E-state index is 0.164. The molecule has 28 heavy (non-hydrogen) atoms. The van der Waals surface area contributed by atoms with E-state index >= 15 is 0 Å². The van der Waals surface area contributed by atoms with Gasteiger partial charge < -0.3 is 10.1 Å². The molecule has 0 aliphatic heterocycles. The number of amides is 1. The average Bonchev–Trinajstić information content (AvgIpc) is 3.07. The summed E-state index contributed by atoms with van der Waals surface area (Å²) in [6, 6.07) is 13.1. The van der Waals surface area contributed by atoms with Crippen LogP contribution < -0.4 is 10.1 Å². The Labute approximate surface area is 162 Å². The molecule has 7 heteroatoms. The zero-order valence-corrected chi connectivity index (χ0v) is 15.6. The van der Waals surface area contributed by atoms with Gasteiger partial charge in [0, 0.05) is 43.3 Å². The number of pyridine rings is 2. The van der Waals surface area contributed by atoms with Crippen LogP contribution in [-0.2, 0) is 13.6 Å². The number of carbonyl (C=O) groups excluding carboxylic acids is 1. The first-order valence-electron chi connectivity index (χ1n) is 8.80. The van der Waals surface area contributed by atoms with E-state index in [1.165, 1.54) is 0 Å². The zero-order chi connectivity index (χ0) is 19.5. The highest BCUT2D eigenvalue weighted by Gasteiger charge is 2.12. The van der Waals surface area contributed by atoms with Gasteiger partial charge in [0.15, 0.2) is 0 Å². The molecule has 140 valence electrons. The molecule has 0 fully saturated rings. The Hall–Kier alpha value is -3.74. The molecular weight excluding hydrogens is 354 g/mol. The normalized spacial score (nSPS) is 10.8. The van der Waals surface area contributed by atoms with E-state index in [0.29, 0.717) is 18.0 Å². The standard InChI is InChI=1S/C21H19N5O2/c1-26-21(28-2)17-7-6-15(10-19(17)25-26)20(27)24-12-14-5-8-18(23-11-14)16-4-3-9-22-13-16/h3-11,13H,12H2,1-2H3,(H,24,27). The number of aryl methyl sites for hydroxylation is 1. The number of fused-ring (bicyclic) bond motifs is 1. The average molecular weight is 373 g/mol. The Bertz CT molecular complexity index is 1120. The van der Waals surface area contributed by atoms with E-state index in [1.54, 1.807) is 49.6 Å². The summed E-state index contributed by atoms with van der Waals surface area (Å²) < 4.78 is 6.99. The lowest BCUT2D eigenvalue weighted by Crippen LogP contribution is -2.22. The first kappa shape index (κ1) is 17.7. The van der Waals surface area contributed by atoms with Gasteiger partial charge in [-0.3, -0.25) is 14.8 Å². The molecule has 7 nitrogen and oxygen atoms in total. The number of methoxy groups -OCH3 is 1. The molecule has 0 bridgehead atoms. The summed E-state index contributed by atoms with van der Waals surface area (Å²) in [5.41, 5.74) is 3.99. The van der Waals surface area contributed by atoms with Crippen molar-refractivity contribution in [3.63, 3.8) is 0 Å². The summed E-state index contributed by atoms with van der Waals surface area (Å²) in [6.45, 7) is 0.392. The molecule has 0 radical (unpaired) electrons. The lowest BCUT2D eigenvalue weighted by atomic mass is 10.1. The highest BCUT2D eigenvalue weighted by molar-refractivity contribution is 5.98. The molecule has 4 rings (SSSR count). The van der Waals surface area contributed by atoms with Crippen LogP contribution in [0.5, 0.6) is 5.88 Å². The first-order valence-corrected chi connectivity index (χ1v) is 8.80. The van der Waals surface area contributed by atoms with Crippen LogP contribution >= 0.6 is 0 Å². The van der Waals surface area contributed by atoms with Crippen molar-refractivity contribution in [3.05, 3.63) is 72.2 Å². The van der Waals surface area contributed by atoms with Crippen molar-refractivity contribution in [2.75, 3.05) is 7.11 Å². The Morgan fingerprint density at radius 1 is 1.18 bits per heavy atom. The number of aromatic nitrogens is 4. The van der Waals surface area contributed by atoms with Gasteiger partial charge in [0.25, 0.3) is 5.91 Å². The summed E-state index contributed by atoms with van der Waals surface area (Å²) >= 11 is 0. The summed E-state index contributed by atoms with van der Waals surface area (Å²) in [7, 11) is 3.41. The van der Waals surface area contributed by atoms with E-state index in [4.69, 9.17) is 4.74 Å². The maximum Gasteiger partial charge on any atom is 0.251 e. The van der Waals surface area contributed by atoms with Crippen molar-refractivity contribution < 1.29 is 9.53 Å². The number of hydrogen-bond donors (Lipinski definition) is 1. The third kappa shape index (κ3) is 3.42. The Morgan fingerprint density at radius 2 is 2.07 bits per heavy atom. The molecule has 4 aromatic rings. The second-order valence-corrected chi connectivity index (χ2v) is 6.34. The molecule has 1 amide bonds. The number of ether oxygens (including phenoxy) is 1. The topological polar surface area (TPSA) is 81.9 Å². The second-order valence-electron chi connectivity index (χ2n) is 6.34. The molecule has 0 spiro atoms. The van der Waals surface area contributed by atoms with Crippen molar-refractivity contribution >= 4 is 16.8 Å². The van der Waals surface area contributed by atoms with Crippen LogP contribution in [0.25, 0.3) is 22.2 Å². The SMILES string of the molecule is COc1c2ccc(C(=O)NCc3ccc(-c4cccnc4)nc3)cc2nn1C. The number of carbonyl (C=O) groups is 1. The molecule has 0 aliphatic carbocycles. The predicted octanol–water partition coefficient (Wildman–Crippen LogP) is 2.97. The summed E-state index contributed by atoms with van der Waals surface area (Å²) in [5, 5.41) is 8.17. The largest absolute Gasteiger partial charge is 0.481 e. The van der Waals surface area contributed by atoms with Gasteiger partial charge in [-0.25, -0.2) is 4.68 Å². The van der Waals surface area contributed by atoms with E-state index < -0.39 is 0 Å². The van der Waals surface area contributed by atoms with Crippen LogP contribution in [0.1, 0.15) is 15.9 Å². The van der Waals surface area contributed by atoms with E-state index in [-0.39, 0.29) is 5.91 Å². The summed E-state index contributed by atoms with van der Waals surface area (Å²) in [5.74, 6) is 0.504. The van der Waals surface area contributed by atoms with E-state index in [9.17, 15) is 4.79 Å². The Kier molecular flexibility index (Phi) is 4.72. The van der Waals surface area contributed by atoms with Crippen LogP contribution in [0.2, 0.25) is 0 Å². The Morgan fingerprint density at radius 3 is 2.79 bits per heavy atom. The van der Waals surface area contributed by atoms with Gasteiger partial charge in [-0.2, -0.15) is 5.10 Å². The maximum atomic E-state index is 12.5. The monoisotopic (exact) mass is 373 g/mol. The van der Waals surface area contributed by atoms with Gasteiger partial charge in [0.05, 0.1) is 23.7 Å². The van der Waals surface area contributed by atoms with Crippen molar-refractivity contribution in [1.82, 2.24) is 25.1 Å². The summed E-state index contributed by atoms with van der Waals surface area (Å²) in [6.07, 6.45) is 5.26. The maximum absolute atomic E-state index is 12.5. The number of hydrogen-bond acceptors (Lipinski definition) is 5. The van der Waals surface area contributed by atoms with Crippen LogP contribution in [0, 0.1) is 0 Å². The van der Waals surface area contributed by atoms with Gasteiger partial charge in [-0.15, -0.1) is 0 Å². The molecule has 0 atom stereocenters. The fraction of sp³-hybridized carbons (Fsp3) is 0.143. The highest BCUT2D eigenvalue weighted by atomic mass is 16.5. The van der Waals surface area contributed by atoms with E-state index in [2.05, 4.69) is 20.4 Å². The van der Waals surface area contributed by atoms with Gasteiger partial charge in [-0.05, 0) is 42.0 Å². The fourth-order valence-electron chi connectivity index (χ4n) is 3.06. The van der Waals surface area contributed by atoms with Crippen LogP contribution in [0.4, 0.5) is 0 Å². The van der Waals surface area contributed by atoms with Crippen LogP contribution in [0.15, 0.2) is 61.1 Å². The van der Waals surface area contributed by atoms with E-state index in [1.807, 2.05) is 30.3 Å². The van der Waals surface area contributed by atoms with Gasteiger partial charge in [0.2, 0.25) is 5.88 Å². The number of nitrogens with zero attached hydrogens (tertiary/aromatic N) is 4. The lowest BCUT2D eigenvalue weighted by molar-refractivity contribution is 0.0951. The smallest absolute Gasteiger partial charge is 0.251 e. The van der Waals surface area contributed by atoms with Crippen molar-refractivity contribution in [2.24, 2.45) is 7.05 Å². The molecule has 0 aliphatic rings. The molecule has 1 aromatic carbocycles. The van der Waals surface area contributed by atoms with Gasteiger partial charge in [-0.1, -0.05) is 6.07 Å². The van der Waals surface area contributed by atoms with Crippen LogP contribution in [-0.4, -0.2) is 32.8 Å². The molecular formula is C21H19N5O2. The second kappa shape index (κ2) is 7.48. The molecule has 0 unspecified atom stereocenters. The minimum atomic E-state index is -0.164. The van der Waals surface area contributed by atoms with Crippen molar-refractivity contribution in [2.45, 2.75) is 6.54 Å². The molecule has 3 heterocycles. The Balaban J connectivity index is 1.45. The fourth-order valence-corrected chi connectivity index (χ4v) is 3.06. The first-order chi connectivity index (χ1) is 13.7. The summed E-state index contributed by atoms with van der Waals surface area (Å²) in [4.78, 5) is 21.0. The third-order valence-electron chi connectivity index (χ3n) is 4.47. The molecule has 0 saturated carbocycles. The number of benzene rings is 1. The van der Waals surface area contributed by atoms with Gasteiger partial charge in [0.1, 0.15) is 0 Å².